The van der Waals surface area contributed by atoms with Crippen LogP contribution in [0, 0.1) is 6.92 Å². The molecule has 6 nitrogen and oxygen atoms in total. The summed E-state index contributed by atoms with van der Waals surface area (Å²) in [5.74, 6) is 0. The van der Waals surface area contributed by atoms with E-state index in [-0.39, 0.29) is 5.56 Å². The van der Waals surface area contributed by atoms with Gasteiger partial charge in [0.25, 0.3) is 5.56 Å². The van der Waals surface area contributed by atoms with Gasteiger partial charge in [0.15, 0.2) is 0 Å². The Balaban J connectivity index is 1.77. The van der Waals surface area contributed by atoms with Gasteiger partial charge in [-0.3, -0.25) is 4.79 Å². The van der Waals surface area contributed by atoms with Gasteiger partial charge in [0.1, 0.15) is 0 Å². The van der Waals surface area contributed by atoms with Crippen molar-refractivity contribution in [2.24, 2.45) is 0 Å². The molecule has 0 saturated heterocycles. The summed E-state index contributed by atoms with van der Waals surface area (Å²) in [6.45, 7) is 4.26. The number of nitrogens with one attached hydrogen (secondary N) is 1. The minimum absolute atomic E-state index is 0.185. The summed E-state index contributed by atoms with van der Waals surface area (Å²) < 4.78 is 1.28. The third-order valence-electron chi connectivity index (χ3n) is 3.53. The highest BCUT2D eigenvalue weighted by Crippen LogP contribution is 2.19. The van der Waals surface area contributed by atoms with Gasteiger partial charge in [0.2, 0.25) is 10.1 Å². The molecule has 0 aliphatic carbocycles. The van der Waals surface area contributed by atoms with Crippen molar-refractivity contribution >= 4 is 21.4 Å². The van der Waals surface area contributed by atoms with E-state index in [4.69, 9.17) is 0 Å². The van der Waals surface area contributed by atoms with Gasteiger partial charge in [0.05, 0.1) is 6.10 Å². The summed E-state index contributed by atoms with van der Waals surface area (Å²) in [4.78, 5) is 16.9. The van der Waals surface area contributed by atoms with E-state index in [9.17, 15) is 9.90 Å². The normalized spacial score (nSPS) is 12.5. The number of hydrogen-bond acceptors (Lipinski definition) is 6. The minimum atomic E-state index is -0.641. The zero-order valence-corrected chi connectivity index (χ0v) is 13.8. The van der Waals surface area contributed by atoms with Crippen LogP contribution in [0.25, 0.3) is 4.96 Å². The van der Waals surface area contributed by atoms with Gasteiger partial charge in [-0.2, -0.15) is 4.52 Å². The van der Waals surface area contributed by atoms with E-state index >= 15 is 0 Å². The fraction of sp³-hybridized carbons (Fsp3) is 0.312. The first-order chi connectivity index (χ1) is 11.1. The molecule has 3 aromatic rings. The van der Waals surface area contributed by atoms with Gasteiger partial charge in [-0.05, 0) is 18.9 Å². The maximum atomic E-state index is 12.0. The van der Waals surface area contributed by atoms with Crippen LogP contribution in [0.1, 0.15) is 29.8 Å². The number of aliphatic hydroxyl groups is 1. The summed E-state index contributed by atoms with van der Waals surface area (Å²) in [5, 5.41) is 18.1. The summed E-state index contributed by atoms with van der Waals surface area (Å²) in [5.41, 5.74) is 2.52. The topological polar surface area (TPSA) is 79.5 Å². The largest absolute Gasteiger partial charge is 0.387 e. The lowest BCUT2D eigenvalue weighted by Gasteiger charge is -2.11. The molecule has 1 atom stereocenters. The van der Waals surface area contributed by atoms with Gasteiger partial charge in [-0.15, -0.1) is 5.10 Å². The number of aliphatic hydroxyl groups excluding tert-OH is 1. The second-order valence-corrected chi connectivity index (χ2v) is 6.31. The van der Waals surface area contributed by atoms with E-state index in [1.807, 2.05) is 38.1 Å². The molecule has 0 saturated carbocycles. The lowest BCUT2D eigenvalue weighted by atomic mass is 10.1. The Morgan fingerprint density at radius 3 is 2.96 bits per heavy atom. The molecule has 0 bridgehead atoms. The Bertz CT molecular complexity index is 887. The van der Waals surface area contributed by atoms with E-state index in [1.165, 1.54) is 21.9 Å². The van der Waals surface area contributed by atoms with Crippen molar-refractivity contribution in [2.45, 2.75) is 26.4 Å². The van der Waals surface area contributed by atoms with Crippen molar-refractivity contribution in [1.82, 2.24) is 14.6 Å². The molecule has 3 rings (SSSR count). The zero-order chi connectivity index (χ0) is 16.4. The fourth-order valence-corrected chi connectivity index (χ4v) is 3.12. The molecule has 0 fully saturated rings. The summed E-state index contributed by atoms with van der Waals surface area (Å²) in [7, 11) is 0. The Morgan fingerprint density at radius 1 is 1.39 bits per heavy atom. The number of hydrogen-bond donors (Lipinski definition) is 2. The molecule has 0 aliphatic heterocycles. The number of nitrogens with zero attached hydrogens (tertiary/aromatic N) is 3. The van der Waals surface area contributed by atoms with Crippen molar-refractivity contribution in [3.63, 3.8) is 0 Å². The van der Waals surface area contributed by atoms with Crippen molar-refractivity contribution in [3.05, 3.63) is 57.5 Å². The van der Waals surface area contributed by atoms with Gasteiger partial charge < -0.3 is 10.4 Å². The molecule has 0 amide bonds. The van der Waals surface area contributed by atoms with Crippen molar-refractivity contribution < 1.29 is 5.11 Å². The maximum Gasteiger partial charge on any atom is 0.275 e. The molecule has 0 radical (unpaired) electrons. The van der Waals surface area contributed by atoms with Crippen LogP contribution in [0.2, 0.25) is 0 Å². The minimum Gasteiger partial charge on any atom is -0.387 e. The van der Waals surface area contributed by atoms with E-state index in [0.29, 0.717) is 23.1 Å². The number of rotatable bonds is 5. The number of aromatic nitrogens is 3. The van der Waals surface area contributed by atoms with Crippen LogP contribution in [0.5, 0.6) is 0 Å². The zero-order valence-electron chi connectivity index (χ0n) is 13.0. The molecular formula is C16H18N4O2S. The van der Waals surface area contributed by atoms with E-state index in [1.54, 1.807) is 0 Å². The predicted molar refractivity (Wildman–Crippen MR) is 91.1 cm³/mol. The Labute approximate surface area is 137 Å². The Morgan fingerprint density at radius 2 is 2.22 bits per heavy atom. The summed E-state index contributed by atoms with van der Waals surface area (Å²) in [6, 6.07) is 9.24. The molecule has 1 unspecified atom stereocenters. The molecule has 23 heavy (non-hydrogen) atoms. The molecule has 1 aromatic carbocycles. The SMILES string of the molecule is CCc1cc(=O)n2nc(NCC(O)c3cccc(C)c3)sc2n1. The molecule has 2 aromatic heterocycles. The average molecular weight is 330 g/mol. The van der Waals surface area contributed by atoms with Crippen LogP contribution in [-0.4, -0.2) is 26.2 Å². The predicted octanol–water partition coefficient (Wildman–Crippen LogP) is 2.17. The lowest BCUT2D eigenvalue weighted by molar-refractivity contribution is 0.191. The number of fused-ring (bicyclic) bond motifs is 1. The quantitative estimate of drug-likeness (QED) is 0.749. The number of benzene rings is 1. The standard InChI is InChI=1S/C16H18N4O2S/c1-3-12-8-14(22)20-16(18-12)23-15(19-20)17-9-13(21)11-6-4-5-10(2)7-11/h4-8,13,21H,3,9H2,1-2H3,(H,17,19). The Kier molecular flexibility index (Phi) is 4.40. The number of aryl methyl sites for hydroxylation is 2. The molecule has 7 heteroatoms. The molecule has 2 N–H and O–H groups in total. The van der Waals surface area contributed by atoms with Gasteiger partial charge >= 0.3 is 0 Å². The van der Waals surface area contributed by atoms with Gasteiger partial charge in [-0.25, -0.2) is 4.98 Å². The van der Waals surface area contributed by atoms with E-state index in [2.05, 4.69) is 15.4 Å². The van der Waals surface area contributed by atoms with Crippen LogP contribution < -0.4 is 10.9 Å². The van der Waals surface area contributed by atoms with Crippen LogP contribution in [0.3, 0.4) is 0 Å². The highest BCUT2D eigenvalue weighted by atomic mass is 32.1. The molecule has 0 spiro atoms. The lowest BCUT2D eigenvalue weighted by Crippen LogP contribution is -2.16. The Hall–Kier alpha value is -2.25. The first kappa shape index (κ1) is 15.6. The maximum absolute atomic E-state index is 12.0. The monoisotopic (exact) mass is 330 g/mol. The van der Waals surface area contributed by atoms with Gasteiger partial charge in [0, 0.05) is 18.3 Å². The third-order valence-corrected chi connectivity index (χ3v) is 4.40. The van der Waals surface area contributed by atoms with Crippen molar-refractivity contribution in [1.29, 1.82) is 0 Å². The third kappa shape index (κ3) is 3.40. The second kappa shape index (κ2) is 6.47. The van der Waals surface area contributed by atoms with Crippen LogP contribution in [-0.2, 0) is 6.42 Å². The molecule has 120 valence electrons. The highest BCUT2D eigenvalue weighted by molar-refractivity contribution is 7.20. The molecule has 2 heterocycles. The summed E-state index contributed by atoms with van der Waals surface area (Å²) in [6.07, 6.45) is 0.0659. The van der Waals surface area contributed by atoms with Crippen LogP contribution in [0.15, 0.2) is 35.1 Å². The fourth-order valence-electron chi connectivity index (χ4n) is 2.29. The van der Waals surface area contributed by atoms with Gasteiger partial charge in [-0.1, -0.05) is 48.1 Å². The van der Waals surface area contributed by atoms with Crippen LogP contribution in [0.4, 0.5) is 5.13 Å². The molecular weight excluding hydrogens is 312 g/mol. The van der Waals surface area contributed by atoms with Crippen molar-refractivity contribution in [3.8, 4) is 0 Å². The average Bonchev–Trinajstić information content (AvgIpc) is 2.96. The van der Waals surface area contributed by atoms with E-state index in [0.717, 1.165) is 16.8 Å². The smallest absolute Gasteiger partial charge is 0.275 e. The van der Waals surface area contributed by atoms with Crippen LogP contribution >= 0.6 is 11.3 Å². The number of anilines is 1. The first-order valence-electron chi connectivity index (χ1n) is 7.45. The summed E-state index contributed by atoms with van der Waals surface area (Å²) >= 11 is 1.30. The molecule has 0 aliphatic rings. The first-order valence-corrected chi connectivity index (χ1v) is 8.26. The second-order valence-electron chi connectivity index (χ2n) is 5.35. The van der Waals surface area contributed by atoms with E-state index < -0.39 is 6.10 Å². The highest BCUT2D eigenvalue weighted by Gasteiger charge is 2.11. The van der Waals surface area contributed by atoms with Crippen molar-refractivity contribution in [2.75, 3.05) is 11.9 Å².